The zero-order chi connectivity index (χ0) is 11.1. The van der Waals surface area contributed by atoms with Crippen LogP contribution in [0.15, 0.2) is 21.9 Å². The van der Waals surface area contributed by atoms with Crippen molar-refractivity contribution in [2.75, 3.05) is 13.2 Å². The fraction of sp³-hybridized carbons (Fsp3) is 0.500. The molecule has 0 saturated carbocycles. The van der Waals surface area contributed by atoms with E-state index in [4.69, 9.17) is 9.47 Å². The van der Waals surface area contributed by atoms with Crippen LogP contribution in [0.5, 0.6) is 11.5 Å². The van der Waals surface area contributed by atoms with Gasteiger partial charge in [0, 0.05) is 15.4 Å². The Bertz CT molecular complexity index is 420. The van der Waals surface area contributed by atoms with Gasteiger partial charge in [-0.05, 0) is 26.0 Å². The largest absolute Gasteiger partial charge is 0.488 e. The summed E-state index contributed by atoms with van der Waals surface area (Å²) in [5.74, 6) is 1.87. The van der Waals surface area contributed by atoms with Crippen LogP contribution in [-0.2, 0) is 0 Å². The van der Waals surface area contributed by atoms with Crippen LogP contribution in [0.25, 0.3) is 0 Å². The van der Waals surface area contributed by atoms with Crippen molar-refractivity contribution in [1.29, 1.82) is 0 Å². The number of thioether (sulfide) groups is 2. The van der Waals surface area contributed by atoms with Crippen molar-refractivity contribution >= 4 is 23.5 Å². The number of fused-ring (bicyclic) bond motifs is 4. The summed E-state index contributed by atoms with van der Waals surface area (Å²) < 4.78 is 11.6. The summed E-state index contributed by atoms with van der Waals surface area (Å²) in [6, 6.07) is 4.19. The molecule has 0 aromatic heterocycles. The van der Waals surface area contributed by atoms with Gasteiger partial charge in [-0.3, -0.25) is 0 Å². The minimum atomic E-state index is 0.502. The first kappa shape index (κ1) is 10.7. The topological polar surface area (TPSA) is 18.5 Å². The lowest BCUT2D eigenvalue weighted by atomic mass is 10.3. The molecule has 2 atom stereocenters. The molecule has 4 heteroatoms. The van der Waals surface area contributed by atoms with Crippen LogP contribution in [-0.4, -0.2) is 23.7 Å². The number of hydrogen-bond donors (Lipinski definition) is 0. The van der Waals surface area contributed by atoms with Crippen molar-refractivity contribution in [1.82, 2.24) is 0 Å². The van der Waals surface area contributed by atoms with Crippen LogP contribution in [0.3, 0.4) is 0 Å². The van der Waals surface area contributed by atoms with Gasteiger partial charge in [-0.1, -0.05) is 0 Å². The zero-order valence-electron chi connectivity index (χ0n) is 9.36. The van der Waals surface area contributed by atoms with Crippen LogP contribution in [0, 0.1) is 0 Å². The standard InChI is InChI=1S/C12H14O2S2/c1-7-5-13-9-3-4-10(15-7)12-11(9)14-6-8(2)16-12/h3-4,7-8H,5-6H2,1-2H3. The molecule has 0 amide bonds. The summed E-state index contributed by atoms with van der Waals surface area (Å²) in [5, 5.41) is 1.03. The van der Waals surface area contributed by atoms with Gasteiger partial charge in [0.05, 0.1) is 4.90 Å². The summed E-state index contributed by atoms with van der Waals surface area (Å²) in [5.41, 5.74) is 0. The van der Waals surface area contributed by atoms with Gasteiger partial charge in [-0.25, -0.2) is 0 Å². The maximum absolute atomic E-state index is 5.81. The van der Waals surface area contributed by atoms with Crippen LogP contribution in [0.2, 0.25) is 0 Å². The molecule has 3 aliphatic heterocycles. The molecule has 0 aliphatic carbocycles. The van der Waals surface area contributed by atoms with E-state index in [9.17, 15) is 0 Å². The fourth-order valence-corrected chi connectivity index (χ4v) is 4.07. The molecule has 16 heavy (non-hydrogen) atoms. The summed E-state index contributed by atoms with van der Waals surface area (Å²) in [7, 11) is 0. The molecule has 0 fully saturated rings. The lowest BCUT2D eigenvalue weighted by Crippen LogP contribution is -2.20. The van der Waals surface area contributed by atoms with Crippen LogP contribution < -0.4 is 9.47 Å². The van der Waals surface area contributed by atoms with Gasteiger partial charge < -0.3 is 9.47 Å². The molecular weight excluding hydrogens is 240 g/mol. The Labute approximate surface area is 104 Å². The molecule has 2 bridgehead atoms. The highest BCUT2D eigenvalue weighted by Gasteiger charge is 2.27. The molecular formula is C12H14O2S2. The molecule has 0 saturated heterocycles. The SMILES string of the molecule is CC1COc2ccc(c3c2OCC(C)S3)S1. The predicted molar refractivity (Wildman–Crippen MR) is 68.1 cm³/mol. The Hall–Kier alpha value is -0.480. The van der Waals surface area contributed by atoms with E-state index in [0.29, 0.717) is 10.5 Å². The maximum Gasteiger partial charge on any atom is 0.175 e. The Balaban J connectivity index is 2.10. The van der Waals surface area contributed by atoms with Crippen molar-refractivity contribution < 1.29 is 9.47 Å². The van der Waals surface area contributed by atoms with Crippen molar-refractivity contribution in [3.05, 3.63) is 12.1 Å². The molecule has 3 aliphatic rings. The summed E-state index contributed by atoms with van der Waals surface area (Å²) in [4.78, 5) is 2.61. The highest BCUT2D eigenvalue weighted by atomic mass is 32.2. The second kappa shape index (κ2) is 4.08. The molecule has 0 spiro atoms. The Morgan fingerprint density at radius 3 is 2.69 bits per heavy atom. The van der Waals surface area contributed by atoms with E-state index in [1.165, 1.54) is 9.79 Å². The molecule has 1 aromatic carbocycles. The van der Waals surface area contributed by atoms with E-state index in [0.717, 1.165) is 24.7 Å². The van der Waals surface area contributed by atoms with Gasteiger partial charge in [-0.2, -0.15) is 0 Å². The maximum atomic E-state index is 5.81. The molecule has 1 aromatic rings. The average Bonchev–Trinajstić information content (AvgIpc) is 2.24. The second-order valence-corrected chi connectivity index (χ2v) is 7.13. The molecule has 4 rings (SSSR count). The number of rotatable bonds is 0. The number of hydrogen-bond acceptors (Lipinski definition) is 4. The Morgan fingerprint density at radius 2 is 1.81 bits per heavy atom. The minimum Gasteiger partial charge on any atom is -0.488 e. The van der Waals surface area contributed by atoms with E-state index >= 15 is 0 Å². The van der Waals surface area contributed by atoms with Crippen LogP contribution >= 0.6 is 23.5 Å². The van der Waals surface area contributed by atoms with Crippen LogP contribution in [0.4, 0.5) is 0 Å². The Morgan fingerprint density at radius 1 is 1.06 bits per heavy atom. The predicted octanol–water partition coefficient (Wildman–Crippen LogP) is 3.43. The third-order valence-corrected chi connectivity index (χ3v) is 5.06. The van der Waals surface area contributed by atoms with E-state index in [2.05, 4.69) is 19.9 Å². The smallest absolute Gasteiger partial charge is 0.175 e. The van der Waals surface area contributed by atoms with E-state index < -0.39 is 0 Å². The molecule has 0 N–H and O–H groups in total. The fourth-order valence-electron chi connectivity index (χ4n) is 1.88. The van der Waals surface area contributed by atoms with E-state index in [1.807, 2.05) is 29.6 Å². The summed E-state index contributed by atoms with van der Waals surface area (Å²) in [6.45, 7) is 5.93. The normalized spacial score (nSPS) is 27.4. The lowest BCUT2D eigenvalue weighted by Gasteiger charge is -2.29. The van der Waals surface area contributed by atoms with E-state index in [-0.39, 0.29) is 0 Å². The van der Waals surface area contributed by atoms with Gasteiger partial charge >= 0.3 is 0 Å². The van der Waals surface area contributed by atoms with Gasteiger partial charge in [0.2, 0.25) is 0 Å². The zero-order valence-corrected chi connectivity index (χ0v) is 11.0. The third kappa shape index (κ3) is 1.78. The number of benzene rings is 1. The summed E-state index contributed by atoms with van der Waals surface area (Å²) in [6.07, 6.45) is 0. The van der Waals surface area contributed by atoms with Crippen LogP contribution in [0.1, 0.15) is 13.8 Å². The van der Waals surface area contributed by atoms with Crippen molar-refractivity contribution in [2.45, 2.75) is 34.1 Å². The highest BCUT2D eigenvalue weighted by Crippen LogP contribution is 2.50. The first-order valence-electron chi connectivity index (χ1n) is 5.50. The van der Waals surface area contributed by atoms with Crippen molar-refractivity contribution in [2.24, 2.45) is 0 Å². The number of ether oxygens (including phenoxy) is 2. The summed E-state index contributed by atoms with van der Waals surface area (Å²) >= 11 is 3.78. The van der Waals surface area contributed by atoms with Gasteiger partial charge in [0.15, 0.2) is 11.5 Å². The first-order valence-corrected chi connectivity index (χ1v) is 7.26. The highest BCUT2D eigenvalue weighted by molar-refractivity contribution is 8.03. The Kier molecular flexibility index (Phi) is 2.72. The van der Waals surface area contributed by atoms with Crippen molar-refractivity contribution in [3.63, 3.8) is 0 Å². The van der Waals surface area contributed by atoms with Gasteiger partial charge in [-0.15, -0.1) is 23.5 Å². The first-order chi connectivity index (χ1) is 7.74. The third-order valence-electron chi connectivity index (χ3n) is 2.62. The molecule has 2 nitrogen and oxygen atoms in total. The van der Waals surface area contributed by atoms with E-state index in [1.54, 1.807) is 0 Å². The van der Waals surface area contributed by atoms with Crippen molar-refractivity contribution in [3.8, 4) is 11.5 Å². The second-order valence-electron chi connectivity index (χ2n) is 4.20. The molecule has 86 valence electrons. The van der Waals surface area contributed by atoms with Gasteiger partial charge in [0.1, 0.15) is 13.2 Å². The monoisotopic (exact) mass is 254 g/mol. The van der Waals surface area contributed by atoms with Gasteiger partial charge in [0.25, 0.3) is 0 Å². The average molecular weight is 254 g/mol. The quantitative estimate of drug-likeness (QED) is 0.705. The molecule has 0 radical (unpaired) electrons. The minimum absolute atomic E-state index is 0.502. The molecule has 3 heterocycles. The lowest BCUT2D eigenvalue weighted by molar-refractivity contribution is 0.259. The molecule has 2 unspecified atom stereocenters.